The molecule has 0 saturated carbocycles. The maximum Gasteiger partial charge on any atom is 0.318 e. The van der Waals surface area contributed by atoms with Crippen molar-refractivity contribution in [1.29, 1.82) is 0 Å². The molecule has 0 aliphatic carbocycles. The lowest BCUT2D eigenvalue weighted by Gasteiger charge is -2.06. The number of rotatable bonds is 8. The van der Waals surface area contributed by atoms with Crippen molar-refractivity contribution in [2.75, 3.05) is 19.8 Å². The summed E-state index contributed by atoms with van der Waals surface area (Å²) < 4.78 is 62.1. The molecule has 0 saturated heterocycles. The van der Waals surface area contributed by atoms with Crippen molar-refractivity contribution in [1.82, 2.24) is 24.8 Å². The molecule has 38 heavy (non-hydrogen) atoms. The molecule has 2 N–H and O–H groups in total. The second-order valence-electron chi connectivity index (χ2n) is 7.75. The highest BCUT2D eigenvalue weighted by Gasteiger charge is 2.07. The molecule has 0 radical (unpaired) electrons. The maximum absolute atomic E-state index is 13.5. The predicted octanol–water partition coefficient (Wildman–Crippen LogP) is 4.47. The number of benzene rings is 2. The van der Waals surface area contributed by atoms with Crippen LogP contribution in [0.15, 0.2) is 65.9 Å². The number of hydrogen-bond acceptors (Lipinski definition) is 8. The monoisotopic (exact) mass is 529 g/mol. The first kappa shape index (κ1) is 27.8. The summed E-state index contributed by atoms with van der Waals surface area (Å²) in [4.78, 5) is 20.3. The molecular weight excluding hydrogens is 506 g/mol. The van der Waals surface area contributed by atoms with E-state index in [0.29, 0.717) is 0 Å². The number of halogens is 4. The molecule has 4 rings (SSSR count). The Bertz CT molecular complexity index is 1360. The molecule has 0 aliphatic rings. The lowest BCUT2D eigenvalue weighted by Crippen LogP contribution is -2.07. The zero-order chi connectivity index (χ0) is 27.5. The van der Waals surface area contributed by atoms with Crippen LogP contribution in [-0.2, 0) is 13.2 Å². The molecule has 0 unspecified atom stereocenters. The number of aromatic nitrogens is 4. The zero-order valence-electron chi connectivity index (χ0n) is 20.4. The van der Waals surface area contributed by atoms with Crippen molar-refractivity contribution in [3.05, 3.63) is 95.3 Å². The van der Waals surface area contributed by atoms with Crippen molar-refractivity contribution < 1.29 is 27.0 Å². The van der Waals surface area contributed by atoms with Crippen LogP contribution in [0.2, 0.25) is 0 Å². The first-order valence-electron chi connectivity index (χ1n) is 10.9. The van der Waals surface area contributed by atoms with E-state index in [2.05, 4.69) is 24.9 Å². The summed E-state index contributed by atoms with van der Waals surface area (Å²) in [5, 5.41) is 0. The van der Waals surface area contributed by atoms with E-state index in [9.17, 15) is 17.6 Å². The van der Waals surface area contributed by atoms with E-state index in [4.69, 9.17) is 15.2 Å². The van der Waals surface area contributed by atoms with Gasteiger partial charge in [0.1, 0.15) is 24.8 Å². The maximum atomic E-state index is 13.5. The fourth-order valence-electron chi connectivity index (χ4n) is 2.56. The molecule has 0 fully saturated rings. The van der Waals surface area contributed by atoms with Gasteiger partial charge in [-0.1, -0.05) is 24.3 Å². The summed E-state index contributed by atoms with van der Waals surface area (Å²) in [6.45, 7) is 0.314. The number of hydrogen-bond donors (Lipinski definition) is 1. The Morgan fingerprint density at radius 3 is 1.71 bits per heavy atom. The molecule has 2 heterocycles. The number of aliphatic imine (C=N–C) groups is 1. The molecule has 2 aromatic carbocycles. The third-order valence-corrected chi connectivity index (χ3v) is 4.43. The summed E-state index contributed by atoms with van der Waals surface area (Å²) in [5.41, 5.74) is 6.75. The molecule has 0 aliphatic heterocycles. The molecule has 0 bridgehead atoms. The van der Waals surface area contributed by atoms with Crippen LogP contribution in [0.5, 0.6) is 12.0 Å². The molecule has 4 aromatic rings. The molecule has 198 valence electrons. The third-order valence-electron chi connectivity index (χ3n) is 4.43. The average molecular weight is 529 g/mol. The first-order valence-corrected chi connectivity index (χ1v) is 10.9. The van der Waals surface area contributed by atoms with Crippen LogP contribution in [0.1, 0.15) is 11.1 Å². The van der Waals surface area contributed by atoms with E-state index in [-0.39, 0.29) is 48.5 Å². The van der Waals surface area contributed by atoms with Crippen LogP contribution in [0, 0.1) is 23.3 Å². The predicted molar refractivity (Wildman–Crippen MR) is 132 cm³/mol. The molecule has 9 nitrogen and oxygen atoms in total. The quantitative estimate of drug-likeness (QED) is 0.202. The highest BCUT2D eigenvalue weighted by Crippen LogP contribution is 2.17. The van der Waals surface area contributed by atoms with Gasteiger partial charge in [0.15, 0.2) is 23.3 Å². The second kappa shape index (κ2) is 13.5. The fraction of sp³-hybridized carbons (Fsp3) is 0.160. The lowest BCUT2D eigenvalue weighted by atomic mass is 10.2. The number of nitrogen functional groups attached to an aromatic ring is 1. The minimum atomic E-state index is -0.695. The van der Waals surface area contributed by atoms with Gasteiger partial charge in [-0.05, 0) is 35.4 Å². The van der Waals surface area contributed by atoms with Crippen molar-refractivity contribution in [3.63, 3.8) is 0 Å². The van der Waals surface area contributed by atoms with Crippen molar-refractivity contribution >= 4 is 18.0 Å². The van der Waals surface area contributed by atoms with Gasteiger partial charge in [-0.2, -0.15) is 9.97 Å². The first-order chi connectivity index (χ1) is 18.2. The van der Waals surface area contributed by atoms with Gasteiger partial charge in [0.2, 0.25) is 0 Å². The fourth-order valence-corrected chi connectivity index (χ4v) is 2.56. The lowest BCUT2D eigenvalue weighted by molar-refractivity contribution is 0.279. The van der Waals surface area contributed by atoms with E-state index in [0.717, 1.165) is 23.5 Å². The van der Waals surface area contributed by atoms with Gasteiger partial charge >= 0.3 is 12.0 Å². The average Bonchev–Trinajstić information content (AvgIpc) is 2.90. The summed E-state index contributed by atoms with van der Waals surface area (Å²) in [6, 6.07) is 11.6. The molecule has 2 aromatic heterocycles. The van der Waals surface area contributed by atoms with Gasteiger partial charge in [0.25, 0.3) is 0 Å². The smallest absolute Gasteiger partial charge is 0.318 e. The highest BCUT2D eigenvalue weighted by atomic mass is 19.1. The summed E-state index contributed by atoms with van der Waals surface area (Å²) >= 11 is 0. The number of nitrogens with two attached hydrogens (primary N) is 1. The molecular formula is C25H23F4N7O2. The largest absolute Gasteiger partial charge is 0.459 e. The molecule has 0 amide bonds. The Morgan fingerprint density at radius 2 is 1.24 bits per heavy atom. The van der Waals surface area contributed by atoms with Gasteiger partial charge < -0.3 is 20.1 Å². The van der Waals surface area contributed by atoms with E-state index >= 15 is 0 Å². The van der Waals surface area contributed by atoms with Crippen LogP contribution < -0.4 is 15.2 Å². The topological polar surface area (TPSA) is 112 Å². The van der Waals surface area contributed by atoms with E-state index < -0.39 is 11.6 Å². The van der Waals surface area contributed by atoms with Gasteiger partial charge in [0, 0.05) is 14.1 Å². The van der Waals surface area contributed by atoms with Crippen molar-refractivity contribution in [3.8, 4) is 12.0 Å². The number of nitrogens with zero attached hydrogens (tertiary/aromatic N) is 6. The van der Waals surface area contributed by atoms with E-state index in [1.165, 1.54) is 30.6 Å². The van der Waals surface area contributed by atoms with Gasteiger partial charge in [-0.25, -0.2) is 32.5 Å². The Hall–Kier alpha value is -4.81. The number of anilines is 1. The molecule has 13 heteroatoms. The molecule has 0 spiro atoms. The SMILES string of the molecule is CN(C)C=Nc1nc(OCc2ccc(F)cc2)ncc1F.Nc1nc(OCc2ccc(F)cc2)ncc1F. The highest BCUT2D eigenvalue weighted by molar-refractivity contribution is 5.59. The Kier molecular flexibility index (Phi) is 9.86. The van der Waals surface area contributed by atoms with Crippen LogP contribution >= 0.6 is 0 Å². The third kappa shape index (κ3) is 9.00. The summed E-state index contributed by atoms with van der Waals surface area (Å²) in [5.74, 6) is -2.35. The van der Waals surface area contributed by atoms with Crippen LogP contribution in [-0.4, -0.2) is 45.3 Å². The second-order valence-corrected chi connectivity index (χ2v) is 7.75. The zero-order valence-corrected chi connectivity index (χ0v) is 20.4. The Balaban J connectivity index is 0.000000215. The van der Waals surface area contributed by atoms with Crippen LogP contribution in [0.4, 0.5) is 29.2 Å². The van der Waals surface area contributed by atoms with E-state index in [1.54, 1.807) is 43.3 Å². The van der Waals surface area contributed by atoms with Gasteiger partial charge in [-0.3, -0.25) is 0 Å². The Morgan fingerprint density at radius 1 is 0.763 bits per heavy atom. The standard InChI is InChI=1S/C14H14F2N4O.C11H9F2N3O/c1-20(2)9-18-13-12(16)7-17-14(19-13)21-8-10-3-5-11(15)6-4-10;12-8-3-1-7(2-4-8)6-17-11-15-5-9(13)10(14)16-11/h3-7,9H,8H2,1-2H3;1-5H,6H2,(H2,14,15,16). The Labute approximate surface area is 215 Å². The molecule has 0 atom stereocenters. The normalized spacial score (nSPS) is 10.6. The van der Waals surface area contributed by atoms with Gasteiger partial charge in [0.05, 0.1) is 18.7 Å². The summed E-state index contributed by atoms with van der Waals surface area (Å²) in [6.07, 6.45) is 3.35. The van der Waals surface area contributed by atoms with E-state index in [1.807, 2.05) is 0 Å². The van der Waals surface area contributed by atoms with Crippen LogP contribution in [0.25, 0.3) is 0 Å². The van der Waals surface area contributed by atoms with Crippen molar-refractivity contribution in [2.45, 2.75) is 13.2 Å². The van der Waals surface area contributed by atoms with Crippen molar-refractivity contribution in [2.24, 2.45) is 4.99 Å². The number of ether oxygens (including phenoxy) is 2. The minimum Gasteiger partial charge on any atom is -0.459 e. The minimum absolute atomic E-state index is 0.00614. The van der Waals surface area contributed by atoms with Crippen LogP contribution in [0.3, 0.4) is 0 Å². The summed E-state index contributed by atoms with van der Waals surface area (Å²) in [7, 11) is 3.52. The van der Waals surface area contributed by atoms with Gasteiger partial charge in [-0.15, -0.1) is 0 Å².